The topological polar surface area (TPSA) is 35.2 Å². The molecule has 2 N–H and O–H groups in total. The van der Waals surface area contributed by atoms with E-state index < -0.39 is 0 Å². The first kappa shape index (κ1) is 13.4. The summed E-state index contributed by atoms with van der Waals surface area (Å²) in [5, 5.41) is 0. The Morgan fingerprint density at radius 1 is 1.11 bits per heavy atom. The van der Waals surface area contributed by atoms with Gasteiger partial charge in [-0.2, -0.15) is 0 Å². The maximum atomic E-state index is 5.91. The Balaban J connectivity index is 2.22. The lowest BCUT2D eigenvalue weighted by Crippen LogP contribution is -2.02. The van der Waals surface area contributed by atoms with Crippen LogP contribution in [0.3, 0.4) is 0 Å². The van der Waals surface area contributed by atoms with Gasteiger partial charge in [0.1, 0.15) is 11.5 Å². The minimum atomic E-state index is 0.659. The van der Waals surface area contributed by atoms with Gasteiger partial charge in [-0.3, -0.25) is 0 Å². The number of benzene rings is 2. The number of halogens is 1. The summed E-state index contributed by atoms with van der Waals surface area (Å²) >= 11 is 2.28. The highest BCUT2D eigenvalue weighted by atomic mass is 127. The zero-order valence-electron chi connectivity index (χ0n) is 10.3. The van der Waals surface area contributed by atoms with E-state index in [1.807, 2.05) is 31.2 Å². The Kier molecular flexibility index (Phi) is 4.60. The third-order valence-electron chi connectivity index (χ3n) is 2.73. The lowest BCUT2D eigenvalue weighted by molar-refractivity contribution is 0.478. The molecule has 18 heavy (non-hydrogen) atoms. The number of hydrogen-bond donors (Lipinski definition) is 1. The summed E-state index contributed by atoms with van der Waals surface area (Å²) < 4.78 is 7.11. The summed E-state index contributed by atoms with van der Waals surface area (Å²) in [6, 6.07) is 14.3. The number of aryl methyl sites for hydroxylation is 1. The fraction of sp³-hybridized carbons (Fsp3) is 0.200. The van der Waals surface area contributed by atoms with Crippen molar-refractivity contribution in [2.75, 3.05) is 6.54 Å². The van der Waals surface area contributed by atoms with Crippen LogP contribution in [0.1, 0.15) is 11.1 Å². The molecule has 0 aliphatic rings. The summed E-state index contributed by atoms with van der Waals surface area (Å²) in [7, 11) is 0. The largest absolute Gasteiger partial charge is 0.457 e. The van der Waals surface area contributed by atoms with Gasteiger partial charge in [-0.1, -0.05) is 12.1 Å². The van der Waals surface area contributed by atoms with E-state index in [0.29, 0.717) is 6.54 Å². The van der Waals surface area contributed by atoms with Crippen molar-refractivity contribution in [3.05, 3.63) is 57.2 Å². The van der Waals surface area contributed by atoms with Crippen molar-refractivity contribution >= 4 is 22.6 Å². The fourth-order valence-corrected chi connectivity index (χ4v) is 2.07. The molecular weight excluding hydrogens is 337 g/mol. The molecule has 0 saturated carbocycles. The molecule has 2 nitrogen and oxygen atoms in total. The van der Waals surface area contributed by atoms with E-state index in [2.05, 4.69) is 40.8 Å². The van der Waals surface area contributed by atoms with E-state index in [4.69, 9.17) is 10.5 Å². The van der Waals surface area contributed by atoms with Crippen LogP contribution in [0.15, 0.2) is 42.5 Å². The van der Waals surface area contributed by atoms with E-state index in [0.717, 1.165) is 23.5 Å². The smallest absolute Gasteiger partial charge is 0.130 e. The zero-order valence-corrected chi connectivity index (χ0v) is 12.5. The Morgan fingerprint density at radius 2 is 1.83 bits per heavy atom. The highest BCUT2D eigenvalue weighted by Gasteiger charge is 2.03. The molecular formula is C15H16INO. The van der Waals surface area contributed by atoms with Gasteiger partial charge in [0.05, 0.1) is 0 Å². The van der Waals surface area contributed by atoms with Crippen LogP contribution in [-0.4, -0.2) is 6.54 Å². The third-order valence-corrected chi connectivity index (χ3v) is 3.45. The molecule has 2 aromatic rings. The van der Waals surface area contributed by atoms with Crippen LogP contribution in [0.4, 0.5) is 0 Å². The molecule has 0 amide bonds. The highest BCUT2D eigenvalue weighted by Crippen LogP contribution is 2.26. The quantitative estimate of drug-likeness (QED) is 0.847. The number of hydrogen-bond acceptors (Lipinski definition) is 2. The fourth-order valence-electron chi connectivity index (χ4n) is 1.71. The van der Waals surface area contributed by atoms with Crippen LogP contribution in [0.25, 0.3) is 0 Å². The predicted octanol–water partition coefficient (Wildman–Crippen LogP) is 3.89. The van der Waals surface area contributed by atoms with Crippen LogP contribution in [0, 0.1) is 10.5 Å². The van der Waals surface area contributed by atoms with Gasteiger partial charge in [-0.15, -0.1) is 0 Å². The molecule has 0 aliphatic carbocycles. The Morgan fingerprint density at radius 3 is 2.50 bits per heavy atom. The van der Waals surface area contributed by atoms with Crippen molar-refractivity contribution in [3.8, 4) is 11.5 Å². The maximum absolute atomic E-state index is 5.91. The minimum Gasteiger partial charge on any atom is -0.457 e. The molecule has 0 bridgehead atoms. The first-order valence-electron chi connectivity index (χ1n) is 5.92. The second kappa shape index (κ2) is 6.20. The predicted molar refractivity (Wildman–Crippen MR) is 83.2 cm³/mol. The first-order valence-corrected chi connectivity index (χ1v) is 7.00. The lowest BCUT2D eigenvalue weighted by Gasteiger charge is -2.10. The zero-order chi connectivity index (χ0) is 13.0. The van der Waals surface area contributed by atoms with Crippen molar-refractivity contribution in [1.82, 2.24) is 0 Å². The van der Waals surface area contributed by atoms with Crippen molar-refractivity contribution in [2.24, 2.45) is 5.73 Å². The van der Waals surface area contributed by atoms with E-state index in [-0.39, 0.29) is 0 Å². The monoisotopic (exact) mass is 353 g/mol. The second-order valence-electron chi connectivity index (χ2n) is 4.19. The van der Waals surface area contributed by atoms with Gasteiger partial charge in [-0.25, -0.2) is 0 Å². The lowest BCUT2D eigenvalue weighted by atomic mass is 10.1. The Labute approximate surface area is 121 Å². The van der Waals surface area contributed by atoms with Crippen LogP contribution in [-0.2, 0) is 6.42 Å². The van der Waals surface area contributed by atoms with Crippen LogP contribution in [0.5, 0.6) is 11.5 Å². The molecule has 0 heterocycles. The first-order chi connectivity index (χ1) is 8.69. The van der Waals surface area contributed by atoms with E-state index in [9.17, 15) is 0 Å². The number of rotatable bonds is 4. The van der Waals surface area contributed by atoms with E-state index >= 15 is 0 Å². The van der Waals surface area contributed by atoms with Crippen molar-refractivity contribution in [2.45, 2.75) is 13.3 Å². The molecule has 0 saturated heterocycles. The molecule has 0 aromatic heterocycles. The SMILES string of the molecule is Cc1ccc(CCN)cc1Oc1ccc(I)cc1. The second-order valence-corrected chi connectivity index (χ2v) is 5.44. The van der Waals surface area contributed by atoms with Gasteiger partial charge >= 0.3 is 0 Å². The average molecular weight is 353 g/mol. The van der Waals surface area contributed by atoms with Crippen molar-refractivity contribution in [3.63, 3.8) is 0 Å². The molecule has 0 unspecified atom stereocenters. The van der Waals surface area contributed by atoms with Gasteiger partial charge in [-0.05, 0) is 83.9 Å². The molecule has 2 rings (SSSR count). The van der Waals surface area contributed by atoms with Crippen molar-refractivity contribution in [1.29, 1.82) is 0 Å². The van der Waals surface area contributed by atoms with Gasteiger partial charge < -0.3 is 10.5 Å². The normalized spacial score (nSPS) is 10.4. The standard InChI is InChI=1S/C15H16INO/c1-11-2-3-12(8-9-17)10-15(11)18-14-6-4-13(16)5-7-14/h2-7,10H,8-9,17H2,1H3. The average Bonchev–Trinajstić information content (AvgIpc) is 2.36. The van der Waals surface area contributed by atoms with E-state index in [1.165, 1.54) is 9.13 Å². The van der Waals surface area contributed by atoms with Gasteiger partial charge in [0.2, 0.25) is 0 Å². The van der Waals surface area contributed by atoms with Crippen LogP contribution >= 0.6 is 22.6 Å². The van der Waals surface area contributed by atoms with Gasteiger partial charge in [0.15, 0.2) is 0 Å². The summed E-state index contributed by atoms with van der Waals surface area (Å²) in [5.74, 6) is 1.77. The summed E-state index contributed by atoms with van der Waals surface area (Å²) in [5.41, 5.74) is 7.92. The molecule has 0 aliphatic heterocycles. The molecule has 0 fully saturated rings. The Bertz CT molecular complexity index is 523. The third kappa shape index (κ3) is 3.46. The molecule has 3 heteroatoms. The summed E-state index contributed by atoms with van der Waals surface area (Å²) in [4.78, 5) is 0. The molecule has 0 spiro atoms. The van der Waals surface area contributed by atoms with Crippen LogP contribution < -0.4 is 10.5 Å². The minimum absolute atomic E-state index is 0.659. The summed E-state index contributed by atoms with van der Waals surface area (Å²) in [6.45, 7) is 2.71. The van der Waals surface area contributed by atoms with Gasteiger partial charge in [0, 0.05) is 3.57 Å². The van der Waals surface area contributed by atoms with Crippen LogP contribution in [0.2, 0.25) is 0 Å². The van der Waals surface area contributed by atoms with E-state index in [1.54, 1.807) is 0 Å². The Hall–Kier alpha value is -1.07. The number of nitrogens with two attached hydrogens (primary N) is 1. The van der Waals surface area contributed by atoms with Crippen molar-refractivity contribution < 1.29 is 4.74 Å². The molecule has 2 aromatic carbocycles. The molecule has 0 radical (unpaired) electrons. The molecule has 94 valence electrons. The maximum Gasteiger partial charge on any atom is 0.130 e. The van der Waals surface area contributed by atoms with Gasteiger partial charge in [0.25, 0.3) is 0 Å². The number of ether oxygens (including phenoxy) is 1. The highest BCUT2D eigenvalue weighted by molar-refractivity contribution is 14.1. The summed E-state index contributed by atoms with van der Waals surface area (Å²) in [6.07, 6.45) is 0.878. The molecule has 0 atom stereocenters.